The smallest absolute Gasteiger partial charge is 0.296 e. The van der Waals surface area contributed by atoms with Crippen molar-refractivity contribution >= 4 is 17.9 Å². The first-order valence-electron chi connectivity index (χ1n) is 3.95. The van der Waals surface area contributed by atoms with E-state index in [1.165, 1.54) is 0 Å². The Balaban J connectivity index is 2.86. The predicted molar refractivity (Wildman–Crippen MR) is 52.4 cm³/mol. The van der Waals surface area contributed by atoms with Gasteiger partial charge in [0.15, 0.2) is 0 Å². The van der Waals surface area contributed by atoms with Crippen molar-refractivity contribution in [1.29, 1.82) is 0 Å². The average Bonchev–Trinajstić information content (AvgIpc) is 2.17. The minimum atomic E-state index is -4.37. The van der Waals surface area contributed by atoms with Crippen LogP contribution in [0.15, 0.2) is 24.3 Å². The first-order chi connectivity index (χ1) is 6.95. The van der Waals surface area contributed by atoms with Crippen LogP contribution in [-0.2, 0) is 6.18 Å². The lowest BCUT2D eigenvalue weighted by Crippen LogP contribution is -2.15. The summed E-state index contributed by atoms with van der Waals surface area (Å²) in [5.74, 6) is -0.406. The molecule has 0 unspecified atom stereocenters. The molecular weight excluding hydrogens is 227 g/mol. The van der Waals surface area contributed by atoms with Gasteiger partial charge in [0.1, 0.15) is 0 Å². The molecule has 0 fully saturated rings. The Morgan fingerprint density at radius 1 is 1.27 bits per heavy atom. The Bertz CT molecular complexity index is 347. The number of halogens is 3. The van der Waals surface area contributed by atoms with Crippen LogP contribution >= 0.6 is 11.9 Å². The van der Waals surface area contributed by atoms with Gasteiger partial charge in [-0.2, -0.15) is 13.2 Å². The quantitative estimate of drug-likeness (QED) is 0.798. The molecule has 1 amide bonds. The molecule has 0 bridgehead atoms. The molecule has 0 aliphatic heterocycles. The highest BCUT2D eigenvalue weighted by molar-refractivity contribution is 7.97. The molecule has 0 heterocycles. The summed E-state index contributed by atoms with van der Waals surface area (Å²) in [4.78, 5) is 11.2. The molecular formula is C9H8F3NOS. The number of hydrogen-bond donors (Lipinski definition) is 1. The molecule has 2 nitrogen and oxygen atoms in total. The highest BCUT2D eigenvalue weighted by Gasteiger charge is 2.30. The van der Waals surface area contributed by atoms with Gasteiger partial charge in [0.25, 0.3) is 5.91 Å². The van der Waals surface area contributed by atoms with Crippen molar-refractivity contribution in [3.8, 4) is 0 Å². The second kappa shape index (κ2) is 4.57. The minimum absolute atomic E-state index is 0.206. The standard InChI is InChI=1S/C9H8F3NOS/c1-15-13-8(14)6-2-4-7(5-3-6)9(10,11)12/h2-5H,1H3,(H,13,14). The highest BCUT2D eigenvalue weighted by Crippen LogP contribution is 2.29. The summed E-state index contributed by atoms with van der Waals surface area (Å²) in [7, 11) is 0. The van der Waals surface area contributed by atoms with Crippen molar-refractivity contribution in [2.24, 2.45) is 0 Å². The lowest BCUT2D eigenvalue weighted by Gasteiger charge is -2.07. The molecule has 1 N–H and O–H groups in total. The van der Waals surface area contributed by atoms with Crippen molar-refractivity contribution < 1.29 is 18.0 Å². The van der Waals surface area contributed by atoms with Crippen LogP contribution in [0.4, 0.5) is 13.2 Å². The largest absolute Gasteiger partial charge is 0.416 e. The van der Waals surface area contributed by atoms with E-state index >= 15 is 0 Å². The van der Waals surface area contributed by atoms with Gasteiger partial charge in [-0.25, -0.2) is 0 Å². The van der Waals surface area contributed by atoms with Crippen LogP contribution in [0.2, 0.25) is 0 Å². The van der Waals surface area contributed by atoms with Gasteiger partial charge < -0.3 is 0 Å². The topological polar surface area (TPSA) is 29.1 Å². The van der Waals surface area contributed by atoms with E-state index in [2.05, 4.69) is 4.72 Å². The van der Waals surface area contributed by atoms with Crippen LogP contribution in [0.5, 0.6) is 0 Å². The Hall–Kier alpha value is -1.17. The Labute approximate surface area is 89.0 Å². The summed E-state index contributed by atoms with van der Waals surface area (Å²) in [6.07, 6.45) is -2.71. The second-order valence-electron chi connectivity index (χ2n) is 2.71. The average molecular weight is 235 g/mol. The normalized spacial score (nSPS) is 11.2. The maximum atomic E-state index is 12.2. The van der Waals surface area contributed by atoms with Crippen LogP contribution in [0.1, 0.15) is 15.9 Å². The van der Waals surface area contributed by atoms with Crippen LogP contribution in [0.25, 0.3) is 0 Å². The third-order valence-electron chi connectivity index (χ3n) is 1.67. The van der Waals surface area contributed by atoms with Crippen molar-refractivity contribution in [3.63, 3.8) is 0 Å². The fourth-order valence-corrected chi connectivity index (χ4v) is 1.27. The Kier molecular flexibility index (Phi) is 3.62. The van der Waals surface area contributed by atoms with E-state index in [9.17, 15) is 18.0 Å². The molecule has 1 rings (SSSR count). The van der Waals surface area contributed by atoms with Gasteiger partial charge in [0.2, 0.25) is 0 Å². The SMILES string of the molecule is CSNC(=O)c1ccc(C(F)(F)F)cc1. The van der Waals surface area contributed by atoms with Crippen molar-refractivity contribution in [3.05, 3.63) is 35.4 Å². The van der Waals surface area contributed by atoms with Crippen molar-refractivity contribution in [2.75, 3.05) is 6.26 Å². The zero-order chi connectivity index (χ0) is 11.5. The van der Waals surface area contributed by atoms with E-state index in [-0.39, 0.29) is 5.56 Å². The molecule has 0 radical (unpaired) electrons. The molecule has 6 heteroatoms. The molecule has 0 aliphatic rings. The van der Waals surface area contributed by atoms with Crippen molar-refractivity contribution in [1.82, 2.24) is 4.72 Å². The molecule has 0 aromatic heterocycles. The van der Waals surface area contributed by atoms with Gasteiger partial charge in [-0.3, -0.25) is 9.52 Å². The lowest BCUT2D eigenvalue weighted by molar-refractivity contribution is -0.137. The lowest BCUT2D eigenvalue weighted by atomic mass is 10.1. The van der Waals surface area contributed by atoms with Gasteiger partial charge in [-0.05, 0) is 24.3 Å². The summed E-state index contributed by atoms with van der Waals surface area (Å²) in [5, 5.41) is 0. The summed E-state index contributed by atoms with van der Waals surface area (Å²) < 4.78 is 38.9. The van der Waals surface area contributed by atoms with Gasteiger partial charge in [0, 0.05) is 11.8 Å². The molecule has 1 aromatic rings. The number of rotatable bonds is 2. The molecule has 0 atom stereocenters. The van der Waals surface area contributed by atoms with E-state index in [0.29, 0.717) is 0 Å². The molecule has 0 spiro atoms. The molecule has 0 saturated carbocycles. The first kappa shape index (κ1) is 11.9. The second-order valence-corrected chi connectivity index (χ2v) is 3.32. The number of carbonyl (C=O) groups is 1. The summed E-state index contributed by atoms with van der Waals surface area (Å²) >= 11 is 1.09. The number of nitrogens with one attached hydrogen (secondary N) is 1. The van der Waals surface area contributed by atoms with Gasteiger partial charge in [-0.15, -0.1) is 0 Å². The van der Waals surface area contributed by atoms with Crippen LogP contribution in [0.3, 0.4) is 0 Å². The third-order valence-corrected chi connectivity index (χ3v) is 2.06. The van der Waals surface area contributed by atoms with E-state index in [0.717, 1.165) is 36.2 Å². The monoisotopic (exact) mass is 235 g/mol. The maximum absolute atomic E-state index is 12.2. The summed E-state index contributed by atoms with van der Waals surface area (Å²) in [6, 6.07) is 4.06. The fourth-order valence-electron chi connectivity index (χ4n) is 0.962. The molecule has 0 saturated heterocycles. The third kappa shape index (κ3) is 3.16. The highest BCUT2D eigenvalue weighted by atomic mass is 32.2. The van der Waals surface area contributed by atoms with E-state index in [1.807, 2.05) is 0 Å². The minimum Gasteiger partial charge on any atom is -0.296 e. The van der Waals surface area contributed by atoms with E-state index in [4.69, 9.17) is 0 Å². The van der Waals surface area contributed by atoms with Crippen molar-refractivity contribution in [2.45, 2.75) is 6.18 Å². The number of amides is 1. The van der Waals surface area contributed by atoms with E-state index < -0.39 is 17.6 Å². The van der Waals surface area contributed by atoms with Crippen LogP contribution in [0, 0.1) is 0 Å². The number of carbonyl (C=O) groups excluding carboxylic acids is 1. The number of benzene rings is 1. The summed E-state index contributed by atoms with van der Waals surface area (Å²) in [6.45, 7) is 0. The van der Waals surface area contributed by atoms with Gasteiger partial charge in [0.05, 0.1) is 5.56 Å². The van der Waals surface area contributed by atoms with Crippen LogP contribution < -0.4 is 4.72 Å². The fraction of sp³-hybridized carbons (Fsp3) is 0.222. The molecule has 1 aromatic carbocycles. The predicted octanol–water partition coefficient (Wildman–Crippen LogP) is 2.71. The Morgan fingerprint density at radius 3 is 2.20 bits per heavy atom. The Morgan fingerprint density at radius 2 is 1.80 bits per heavy atom. The molecule has 82 valence electrons. The summed E-state index contributed by atoms with van der Waals surface area (Å²) in [5.41, 5.74) is -0.555. The van der Waals surface area contributed by atoms with Gasteiger partial charge >= 0.3 is 6.18 Å². The zero-order valence-electron chi connectivity index (χ0n) is 7.76. The maximum Gasteiger partial charge on any atom is 0.416 e. The van der Waals surface area contributed by atoms with Crippen LogP contribution in [-0.4, -0.2) is 12.2 Å². The number of hydrogen-bond acceptors (Lipinski definition) is 2. The first-order valence-corrected chi connectivity index (χ1v) is 5.18. The molecule has 15 heavy (non-hydrogen) atoms. The number of alkyl halides is 3. The zero-order valence-corrected chi connectivity index (χ0v) is 8.58. The molecule has 0 aliphatic carbocycles. The van der Waals surface area contributed by atoms with Gasteiger partial charge in [-0.1, -0.05) is 11.9 Å². The van der Waals surface area contributed by atoms with E-state index in [1.54, 1.807) is 6.26 Å².